The van der Waals surface area contributed by atoms with E-state index < -0.39 is 0 Å². The van der Waals surface area contributed by atoms with Crippen LogP contribution in [0.3, 0.4) is 0 Å². The first kappa shape index (κ1) is 13.3. The Labute approximate surface area is 106 Å². The van der Waals surface area contributed by atoms with Gasteiger partial charge in [0.1, 0.15) is 0 Å². The van der Waals surface area contributed by atoms with Crippen molar-refractivity contribution in [3.05, 3.63) is 0 Å². The number of rotatable bonds is 5. The molecule has 0 spiro atoms. The van der Waals surface area contributed by atoms with Crippen LogP contribution in [-0.4, -0.2) is 55.1 Å². The van der Waals surface area contributed by atoms with Crippen molar-refractivity contribution in [3.63, 3.8) is 0 Å². The van der Waals surface area contributed by atoms with Crippen molar-refractivity contribution in [2.24, 2.45) is 11.7 Å². The molecular weight excluding hydrogens is 210 g/mol. The van der Waals surface area contributed by atoms with E-state index in [4.69, 9.17) is 5.73 Å². The van der Waals surface area contributed by atoms with E-state index in [0.717, 1.165) is 18.5 Å². The molecule has 17 heavy (non-hydrogen) atoms. The number of hydrogen-bond donors (Lipinski definition) is 1. The molecule has 0 radical (unpaired) electrons. The summed E-state index contributed by atoms with van der Waals surface area (Å²) in [5.74, 6) is 0.883. The lowest BCUT2D eigenvalue weighted by molar-refractivity contribution is 0.0271. The standard InChI is InChI=1S/C14H29N3/c1-4-14(11-15,12-5-6-12)17-9-7-13(8-10-17)16(2)3/h12-13H,4-11,15H2,1-3H3. The van der Waals surface area contributed by atoms with E-state index in [1.54, 1.807) is 0 Å². The van der Waals surface area contributed by atoms with E-state index in [1.807, 2.05) is 0 Å². The quantitative estimate of drug-likeness (QED) is 0.790. The molecule has 100 valence electrons. The zero-order valence-corrected chi connectivity index (χ0v) is 11.8. The second-order valence-electron chi connectivity index (χ2n) is 6.12. The largest absolute Gasteiger partial charge is 0.329 e. The Morgan fingerprint density at radius 2 is 1.76 bits per heavy atom. The molecule has 2 aliphatic rings. The number of nitrogens with two attached hydrogens (primary N) is 1. The highest BCUT2D eigenvalue weighted by molar-refractivity contribution is 5.03. The zero-order valence-electron chi connectivity index (χ0n) is 11.8. The second kappa shape index (κ2) is 5.25. The van der Waals surface area contributed by atoms with Crippen molar-refractivity contribution in [1.29, 1.82) is 0 Å². The summed E-state index contributed by atoms with van der Waals surface area (Å²) < 4.78 is 0. The fraction of sp³-hybridized carbons (Fsp3) is 1.00. The van der Waals surface area contributed by atoms with Crippen LogP contribution < -0.4 is 5.73 Å². The molecule has 2 fully saturated rings. The molecule has 1 heterocycles. The van der Waals surface area contributed by atoms with Gasteiger partial charge in [-0.3, -0.25) is 4.90 Å². The fourth-order valence-corrected chi connectivity index (χ4v) is 3.66. The molecule has 0 bridgehead atoms. The van der Waals surface area contributed by atoms with Crippen LogP contribution >= 0.6 is 0 Å². The van der Waals surface area contributed by atoms with Gasteiger partial charge in [0.15, 0.2) is 0 Å². The Kier molecular flexibility index (Phi) is 4.11. The molecule has 0 aromatic heterocycles. The molecule has 1 saturated heterocycles. The van der Waals surface area contributed by atoms with Gasteiger partial charge in [-0.25, -0.2) is 0 Å². The summed E-state index contributed by atoms with van der Waals surface area (Å²) in [6.45, 7) is 5.65. The summed E-state index contributed by atoms with van der Waals surface area (Å²) in [5.41, 5.74) is 6.46. The van der Waals surface area contributed by atoms with Crippen LogP contribution in [0.5, 0.6) is 0 Å². The fourth-order valence-electron chi connectivity index (χ4n) is 3.66. The van der Waals surface area contributed by atoms with E-state index in [9.17, 15) is 0 Å². The molecule has 1 aliphatic carbocycles. The van der Waals surface area contributed by atoms with Gasteiger partial charge in [-0.2, -0.15) is 0 Å². The van der Waals surface area contributed by atoms with E-state index in [0.29, 0.717) is 5.54 Å². The summed E-state index contributed by atoms with van der Waals surface area (Å²) in [4.78, 5) is 5.09. The van der Waals surface area contributed by atoms with Gasteiger partial charge in [-0.15, -0.1) is 0 Å². The average molecular weight is 239 g/mol. The van der Waals surface area contributed by atoms with Gasteiger partial charge < -0.3 is 10.6 Å². The van der Waals surface area contributed by atoms with Gasteiger partial charge >= 0.3 is 0 Å². The second-order valence-corrected chi connectivity index (χ2v) is 6.12. The molecule has 3 heteroatoms. The van der Waals surface area contributed by atoms with Crippen molar-refractivity contribution >= 4 is 0 Å². The first-order chi connectivity index (χ1) is 8.14. The van der Waals surface area contributed by atoms with Crippen LogP contribution in [-0.2, 0) is 0 Å². The number of hydrogen-bond acceptors (Lipinski definition) is 3. The minimum atomic E-state index is 0.331. The van der Waals surface area contributed by atoms with Crippen LogP contribution in [0, 0.1) is 5.92 Å². The lowest BCUT2D eigenvalue weighted by Gasteiger charge is -2.47. The minimum Gasteiger partial charge on any atom is -0.329 e. The third-order valence-electron chi connectivity index (χ3n) is 5.13. The number of nitrogens with zero attached hydrogens (tertiary/aromatic N) is 2. The first-order valence-corrected chi connectivity index (χ1v) is 7.25. The molecule has 0 aromatic carbocycles. The maximum absolute atomic E-state index is 6.13. The summed E-state index contributed by atoms with van der Waals surface area (Å²) in [5, 5.41) is 0. The molecule has 1 aliphatic heterocycles. The van der Waals surface area contributed by atoms with E-state index >= 15 is 0 Å². The van der Waals surface area contributed by atoms with Gasteiger partial charge in [-0.05, 0) is 52.1 Å². The van der Waals surface area contributed by atoms with E-state index in [-0.39, 0.29) is 0 Å². The van der Waals surface area contributed by atoms with Crippen molar-refractivity contribution < 1.29 is 0 Å². The molecule has 2 rings (SSSR count). The minimum absolute atomic E-state index is 0.331. The Bertz CT molecular complexity index is 236. The smallest absolute Gasteiger partial charge is 0.0357 e. The monoisotopic (exact) mass is 239 g/mol. The Morgan fingerprint density at radius 3 is 2.12 bits per heavy atom. The van der Waals surface area contributed by atoms with Crippen molar-refractivity contribution in [2.75, 3.05) is 33.7 Å². The SMILES string of the molecule is CCC(CN)(C1CC1)N1CCC(N(C)C)CC1. The molecule has 1 unspecified atom stereocenters. The lowest BCUT2D eigenvalue weighted by atomic mass is 9.85. The summed E-state index contributed by atoms with van der Waals surface area (Å²) in [7, 11) is 4.41. The third kappa shape index (κ3) is 2.51. The predicted octanol–water partition coefficient (Wildman–Crippen LogP) is 1.53. The first-order valence-electron chi connectivity index (χ1n) is 7.25. The molecule has 1 atom stereocenters. The van der Waals surface area contributed by atoms with Gasteiger partial charge in [0, 0.05) is 31.2 Å². The maximum Gasteiger partial charge on any atom is 0.0357 e. The average Bonchev–Trinajstić information content (AvgIpc) is 3.17. The van der Waals surface area contributed by atoms with Crippen LogP contribution in [0.15, 0.2) is 0 Å². The topological polar surface area (TPSA) is 32.5 Å². The van der Waals surface area contributed by atoms with E-state index in [1.165, 1.54) is 45.2 Å². The molecule has 3 nitrogen and oxygen atoms in total. The Balaban J connectivity index is 1.98. The molecule has 1 saturated carbocycles. The zero-order chi connectivity index (χ0) is 12.5. The Morgan fingerprint density at radius 1 is 1.18 bits per heavy atom. The predicted molar refractivity (Wildman–Crippen MR) is 73.1 cm³/mol. The normalized spacial score (nSPS) is 27.4. The number of likely N-dealkylation sites (tertiary alicyclic amines) is 1. The van der Waals surface area contributed by atoms with Gasteiger partial charge in [0.2, 0.25) is 0 Å². The highest BCUT2D eigenvalue weighted by Crippen LogP contribution is 2.45. The van der Waals surface area contributed by atoms with Crippen LogP contribution in [0.2, 0.25) is 0 Å². The Hall–Kier alpha value is -0.120. The highest BCUT2D eigenvalue weighted by atomic mass is 15.2. The molecule has 0 amide bonds. The molecular formula is C14H29N3. The van der Waals surface area contributed by atoms with Crippen molar-refractivity contribution in [2.45, 2.75) is 50.6 Å². The summed E-state index contributed by atoms with van der Waals surface area (Å²) >= 11 is 0. The van der Waals surface area contributed by atoms with Crippen LogP contribution in [0.4, 0.5) is 0 Å². The van der Waals surface area contributed by atoms with E-state index in [2.05, 4.69) is 30.8 Å². The maximum atomic E-state index is 6.13. The van der Waals surface area contributed by atoms with Crippen molar-refractivity contribution in [1.82, 2.24) is 9.80 Å². The van der Waals surface area contributed by atoms with Crippen LogP contribution in [0.25, 0.3) is 0 Å². The summed E-state index contributed by atoms with van der Waals surface area (Å²) in [6, 6.07) is 0.776. The van der Waals surface area contributed by atoms with Crippen molar-refractivity contribution in [3.8, 4) is 0 Å². The summed E-state index contributed by atoms with van der Waals surface area (Å²) in [6.07, 6.45) is 6.64. The molecule has 0 aromatic rings. The third-order valence-corrected chi connectivity index (χ3v) is 5.13. The lowest BCUT2D eigenvalue weighted by Crippen LogP contribution is -2.59. The highest BCUT2D eigenvalue weighted by Gasteiger charge is 2.47. The van der Waals surface area contributed by atoms with Gasteiger partial charge in [0.05, 0.1) is 0 Å². The number of piperidine rings is 1. The van der Waals surface area contributed by atoms with Crippen LogP contribution in [0.1, 0.15) is 39.0 Å². The van der Waals surface area contributed by atoms with Gasteiger partial charge in [-0.1, -0.05) is 6.92 Å². The molecule has 2 N–H and O–H groups in total. The van der Waals surface area contributed by atoms with Gasteiger partial charge in [0.25, 0.3) is 0 Å².